The number of carbonyl (C=O) groups is 2. The standard InChI is InChI=1S/C14H17NO5/c16-13(17)11-6-12(19-9-11)7-15-14(18)20-8-10-4-2-1-3-5-10/h1-5,11-12H,6-9H2,(H,15,18)(H,16,17). The van der Waals surface area contributed by atoms with Crippen LogP contribution in [0.5, 0.6) is 0 Å². The van der Waals surface area contributed by atoms with E-state index in [2.05, 4.69) is 5.32 Å². The Labute approximate surface area is 116 Å². The predicted octanol–water partition coefficient (Wildman–Crippen LogP) is 1.40. The maximum atomic E-state index is 11.5. The van der Waals surface area contributed by atoms with Gasteiger partial charge in [-0.1, -0.05) is 30.3 Å². The van der Waals surface area contributed by atoms with Gasteiger partial charge in [-0.05, 0) is 12.0 Å². The molecular formula is C14H17NO5. The fourth-order valence-corrected chi connectivity index (χ4v) is 1.99. The van der Waals surface area contributed by atoms with Gasteiger partial charge in [0.1, 0.15) is 6.61 Å². The van der Waals surface area contributed by atoms with Crippen molar-refractivity contribution in [3.8, 4) is 0 Å². The van der Waals surface area contributed by atoms with Crippen LogP contribution in [0, 0.1) is 5.92 Å². The molecule has 1 amide bonds. The molecule has 2 N–H and O–H groups in total. The molecular weight excluding hydrogens is 262 g/mol. The van der Waals surface area contributed by atoms with Crippen molar-refractivity contribution in [3.63, 3.8) is 0 Å². The van der Waals surface area contributed by atoms with E-state index in [9.17, 15) is 9.59 Å². The third-order valence-electron chi connectivity index (χ3n) is 3.12. The second-order valence-electron chi connectivity index (χ2n) is 4.67. The lowest BCUT2D eigenvalue weighted by Gasteiger charge is -2.11. The summed E-state index contributed by atoms with van der Waals surface area (Å²) in [6.07, 6.45) is -0.384. The normalized spacial score (nSPS) is 21.4. The molecule has 0 aromatic heterocycles. The van der Waals surface area contributed by atoms with Crippen molar-refractivity contribution < 1.29 is 24.2 Å². The fourth-order valence-electron chi connectivity index (χ4n) is 1.99. The highest BCUT2D eigenvalue weighted by Gasteiger charge is 2.30. The minimum atomic E-state index is -0.862. The third-order valence-corrected chi connectivity index (χ3v) is 3.12. The first kappa shape index (κ1) is 14.3. The number of carboxylic acids is 1. The van der Waals surface area contributed by atoms with Crippen LogP contribution in [0.15, 0.2) is 30.3 Å². The number of hydrogen-bond donors (Lipinski definition) is 2. The fraction of sp³-hybridized carbons (Fsp3) is 0.429. The van der Waals surface area contributed by atoms with Crippen molar-refractivity contribution in [2.24, 2.45) is 5.92 Å². The van der Waals surface area contributed by atoms with Gasteiger partial charge in [0.2, 0.25) is 0 Å². The molecule has 20 heavy (non-hydrogen) atoms. The number of ether oxygens (including phenoxy) is 2. The first-order valence-electron chi connectivity index (χ1n) is 6.44. The number of aliphatic carboxylic acids is 1. The molecule has 0 spiro atoms. The molecule has 2 atom stereocenters. The van der Waals surface area contributed by atoms with Crippen molar-refractivity contribution in [1.29, 1.82) is 0 Å². The Morgan fingerprint density at radius 2 is 2.10 bits per heavy atom. The second kappa shape index (κ2) is 6.91. The van der Waals surface area contributed by atoms with Gasteiger partial charge in [0.15, 0.2) is 0 Å². The minimum Gasteiger partial charge on any atom is -0.481 e. The van der Waals surface area contributed by atoms with Crippen LogP contribution < -0.4 is 5.32 Å². The zero-order valence-corrected chi connectivity index (χ0v) is 11.0. The van der Waals surface area contributed by atoms with Crippen molar-refractivity contribution >= 4 is 12.1 Å². The van der Waals surface area contributed by atoms with Crippen molar-refractivity contribution in [2.45, 2.75) is 19.1 Å². The van der Waals surface area contributed by atoms with E-state index in [1.165, 1.54) is 0 Å². The summed E-state index contributed by atoms with van der Waals surface area (Å²) < 4.78 is 10.3. The number of amides is 1. The molecule has 1 aromatic carbocycles. The lowest BCUT2D eigenvalue weighted by atomic mass is 10.1. The van der Waals surface area contributed by atoms with Crippen molar-refractivity contribution in [1.82, 2.24) is 5.32 Å². The third kappa shape index (κ3) is 4.24. The summed E-state index contributed by atoms with van der Waals surface area (Å²) in [5, 5.41) is 11.4. The summed E-state index contributed by atoms with van der Waals surface area (Å²) in [6, 6.07) is 9.36. The number of nitrogens with one attached hydrogen (secondary N) is 1. The Morgan fingerprint density at radius 3 is 2.75 bits per heavy atom. The van der Waals surface area contributed by atoms with E-state index in [1.807, 2.05) is 30.3 Å². The van der Waals surface area contributed by atoms with Gasteiger partial charge in [-0.3, -0.25) is 4.79 Å². The summed E-state index contributed by atoms with van der Waals surface area (Å²) in [7, 11) is 0. The summed E-state index contributed by atoms with van der Waals surface area (Å²) in [5.41, 5.74) is 0.908. The van der Waals surface area contributed by atoms with Crippen LogP contribution >= 0.6 is 0 Å². The van der Waals surface area contributed by atoms with Crippen molar-refractivity contribution in [2.75, 3.05) is 13.2 Å². The molecule has 2 unspecified atom stereocenters. The highest BCUT2D eigenvalue weighted by atomic mass is 16.5. The molecule has 6 nitrogen and oxygen atoms in total. The molecule has 0 saturated carbocycles. The summed E-state index contributed by atoms with van der Waals surface area (Å²) >= 11 is 0. The minimum absolute atomic E-state index is 0.195. The predicted molar refractivity (Wildman–Crippen MR) is 70.1 cm³/mol. The van der Waals surface area contributed by atoms with Gasteiger partial charge in [0.25, 0.3) is 0 Å². The van der Waals surface area contributed by atoms with Crippen molar-refractivity contribution in [3.05, 3.63) is 35.9 Å². The van der Waals surface area contributed by atoms with Crippen LogP contribution in [-0.2, 0) is 20.9 Å². The maximum absolute atomic E-state index is 11.5. The van der Waals surface area contributed by atoms with Gasteiger partial charge in [-0.25, -0.2) is 4.79 Å². The van der Waals surface area contributed by atoms with Gasteiger partial charge in [-0.15, -0.1) is 0 Å². The zero-order chi connectivity index (χ0) is 14.4. The van der Waals surface area contributed by atoms with Crippen LogP contribution in [0.1, 0.15) is 12.0 Å². The maximum Gasteiger partial charge on any atom is 0.407 e. The Hall–Kier alpha value is -2.08. The average molecular weight is 279 g/mol. The highest BCUT2D eigenvalue weighted by molar-refractivity contribution is 5.70. The molecule has 0 aliphatic carbocycles. The summed E-state index contributed by atoms with van der Waals surface area (Å²) in [6.45, 7) is 0.661. The summed E-state index contributed by atoms with van der Waals surface area (Å²) in [5.74, 6) is -1.35. The van der Waals surface area contributed by atoms with E-state index >= 15 is 0 Å². The van der Waals surface area contributed by atoms with Crippen LogP contribution in [0.4, 0.5) is 4.79 Å². The van der Waals surface area contributed by atoms with Crippen LogP contribution in [-0.4, -0.2) is 36.4 Å². The van der Waals surface area contributed by atoms with E-state index in [1.54, 1.807) is 0 Å². The number of rotatable bonds is 5. The van der Waals surface area contributed by atoms with Crippen LogP contribution in [0.25, 0.3) is 0 Å². The lowest BCUT2D eigenvalue weighted by Crippen LogP contribution is -2.32. The van der Waals surface area contributed by atoms with E-state index < -0.39 is 18.0 Å². The molecule has 1 saturated heterocycles. The SMILES string of the molecule is O=C(NCC1CC(C(=O)O)CO1)OCc1ccccc1. The monoisotopic (exact) mass is 279 g/mol. The Balaban J connectivity index is 1.65. The Morgan fingerprint density at radius 1 is 1.35 bits per heavy atom. The molecule has 1 aromatic rings. The Bertz CT molecular complexity index is 462. The molecule has 1 heterocycles. The zero-order valence-electron chi connectivity index (χ0n) is 11.0. The van der Waals surface area contributed by atoms with Gasteiger partial charge < -0.3 is 19.9 Å². The summed E-state index contributed by atoms with van der Waals surface area (Å²) in [4.78, 5) is 22.2. The molecule has 6 heteroatoms. The Kier molecular flexibility index (Phi) is 4.95. The first-order chi connectivity index (χ1) is 9.65. The van der Waals surface area contributed by atoms with Gasteiger partial charge in [-0.2, -0.15) is 0 Å². The molecule has 0 radical (unpaired) electrons. The van der Waals surface area contributed by atoms with E-state index in [0.29, 0.717) is 6.42 Å². The smallest absolute Gasteiger partial charge is 0.407 e. The number of hydrogen-bond acceptors (Lipinski definition) is 4. The quantitative estimate of drug-likeness (QED) is 0.851. The first-order valence-corrected chi connectivity index (χ1v) is 6.44. The van der Waals surface area contributed by atoms with E-state index in [0.717, 1.165) is 5.56 Å². The molecule has 0 bridgehead atoms. The number of carbonyl (C=O) groups excluding carboxylic acids is 1. The topological polar surface area (TPSA) is 84.9 Å². The largest absolute Gasteiger partial charge is 0.481 e. The van der Waals surface area contributed by atoms with E-state index in [-0.39, 0.29) is 25.9 Å². The average Bonchev–Trinajstić information content (AvgIpc) is 2.93. The van der Waals surface area contributed by atoms with Gasteiger partial charge in [0, 0.05) is 6.54 Å². The second-order valence-corrected chi connectivity index (χ2v) is 4.67. The molecule has 1 aliphatic rings. The molecule has 2 rings (SSSR count). The van der Waals surface area contributed by atoms with Crippen LogP contribution in [0.2, 0.25) is 0 Å². The number of alkyl carbamates (subject to hydrolysis) is 1. The van der Waals surface area contributed by atoms with Gasteiger partial charge in [0.05, 0.1) is 18.6 Å². The molecule has 1 aliphatic heterocycles. The molecule has 1 fully saturated rings. The van der Waals surface area contributed by atoms with Crippen LogP contribution in [0.3, 0.4) is 0 Å². The molecule has 108 valence electrons. The lowest BCUT2D eigenvalue weighted by molar-refractivity contribution is -0.141. The van der Waals surface area contributed by atoms with Gasteiger partial charge >= 0.3 is 12.1 Å². The number of carboxylic acid groups (broad SMARTS) is 1. The highest BCUT2D eigenvalue weighted by Crippen LogP contribution is 2.19. The number of benzene rings is 1. The van der Waals surface area contributed by atoms with E-state index in [4.69, 9.17) is 14.6 Å².